The van der Waals surface area contributed by atoms with Crippen molar-refractivity contribution >= 4 is 28.7 Å². The van der Waals surface area contributed by atoms with E-state index >= 15 is 0 Å². The molecule has 2 heterocycles. The summed E-state index contributed by atoms with van der Waals surface area (Å²) in [6, 6.07) is 0. The Labute approximate surface area is 84.5 Å². The molecular weight excluding hydrogens is 200 g/mol. The van der Waals surface area contributed by atoms with E-state index in [2.05, 4.69) is 19.9 Å². The number of imidazole rings is 1. The molecule has 0 bridgehead atoms. The molecule has 2 aromatic heterocycles. The minimum atomic E-state index is 0.419. The summed E-state index contributed by atoms with van der Waals surface area (Å²) in [7, 11) is 0. The first-order valence-corrected chi connectivity index (χ1v) is 5.09. The van der Waals surface area contributed by atoms with Gasteiger partial charge in [0.2, 0.25) is 0 Å². The van der Waals surface area contributed by atoms with Crippen LogP contribution in [0.2, 0.25) is 0 Å². The van der Waals surface area contributed by atoms with E-state index in [4.69, 9.17) is 11.5 Å². The minimum Gasteiger partial charge on any atom is -0.382 e. The predicted octanol–water partition coefficient (Wildman–Crippen LogP) is -0.0141. The van der Waals surface area contributed by atoms with Crippen LogP contribution in [0.3, 0.4) is 0 Å². The number of hydrogen-bond donors (Lipinski definition) is 3. The summed E-state index contributed by atoms with van der Waals surface area (Å²) in [6.45, 7) is 0.614. The van der Waals surface area contributed by atoms with Gasteiger partial charge in [-0.3, -0.25) is 0 Å². The number of nitrogens with one attached hydrogen (secondary N) is 1. The molecule has 2 rings (SSSR count). The maximum atomic E-state index is 5.64. The van der Waals surface area contributed by atoms with Crippen LogP contribution in [0.25, 0.3) is 11.2 Å². The molecule has 0 atom stereocenters. The average molecular weight is 210 g/mol. The summed E-state index contributed by atoms with van der Waals surface area (Å²) in [5.74, 6) is 1.23. The molecule has 5 N–H and O–H groups in total. The van der Waals surface area contributed by atoms with Crippen LogP contribution in [-0.4, -0.2) is 32.2 Å². The quantitative estimate of drug-likeness (QED) is 0.615. The van der Waals surface area contributed by atoms with E-state index in [0.717, 1.165) is 10.9 Å². The summed E-state index contributed by atoms with van der Waals surface area (Å²) in [6.07, 6.45) is 1.40. The Kier molecular flexibility index (Phi) is 2.51. The van der Waals surface area contributed by atoms with Gasteiger partial charge in [0.1, 0.15) is 11.8 Å². The van der Waals surface area contributed by atoms with E-state index in [9.17, 15) is 0 Å². The Bertz CT molecular complexity index is 439. The van der Waals surface area contributed by atoms with Gasteiger partial charge in [0.05, 0.1) is 0 Å². The standard InChI is InChI=1S/C7H10N6S/c8-1-2-14-7-12-4-5(9)10-3-11-6(4)13-7/h3H,1-2,8H2,(H3,9,10,11,12,13). The number of nitrogen functional groups attached to an aromatic ring is 1. The van der Waals surface area contributed by atoms with Gasteiger partial charge in [-0.2, -0.15) is 0 Å². The monoisotopic (exact) mass is 210 g/mol. The maximum absolute atomic E-state index is 5.64. The minimum absolute atomic E-state index is 0.419. The molecule has 0 saturated carbocycles. The predicted molar refractivity (Wildman–Crippen MR) is 55.9 cm³/mol. The number of rotatable bonds is 3. The largest absolute Gasteiger partial charge is 0.382 e. The van der Waals surface area contributed by atoms with E-state index in [1.165, 1.54) is 18.1 Å². The lowest BCUT2D eigenvalue weighted by Crippen LogP contribution is -2.01. The van der Waals surface area contributed by atoms with E-state index in [1.54, 1.807) is 0 Å². The van der Waals surface area contributed by atoms with Gasteiger partial charge in [-0.1, -0.05) is 11.8 Å². The molecule has 7 heteroatoms. The van der Waals surface area contributed by atoms with Crippen molar-refractivity contribution < 1.29 is 0 Å². The Morgan fingerprint density at radius 1 is 1.43 bits per heavy atom. The van der Waals surface area contributed by atoms with Crippen LogP contribution in [-0.2, 0) is 0 Å². The first-order valence-electron chi connectivity index (χ1n) is 4.10. The Morgan fingerprint density at radius 2 is 2.29 bits per heavy atom. The highest BCUT2D eigenvalue weighted by Gasteiger charge is 2.06. The number of thioether (sulfide) groups is 1. The molecule has 74 valence electrons. The molecule has 0 aliphatic carbocycles. The Hall–Kier alpha value is -1.34. The number of nitrogens with zero attached hydrogens (tertiary/aromatic N) is 3. The van der Waals surface area contributed by atoms with Gasteiger partial charge in [0, 0.05) is 12.3 Å². The first kappa shape index (κ1) is 9.22. The molecule has 0 saturated heterocycles. The van der Waals surface area contributed by atoms with E-state index in [1.807, 2.05) is 0 Å². The summed E-state index contributed by atoms with van der Waals surface area (Å²) < 4.78 is 0. The molecule has 14 heavy (non-hydrogen) atoms. The Morgan fingerprint density at radius 3 is 3.00 bits per heavy atom. The van der Waals surface area contributed by atoms with Crippen molar-refractivity contribution in [2.24, 2.45) is 5.73 Å². The lowest BCUT2D eigenvalue weighted by Gasteiger charge is -1.91. The molecule has 2 aromatic rings. The lowest BCUT2D eigenvalue weighted by molar-refractivity contribution is 1.06. The second kappa shape index (κ2) is 3.81. The van der Waals surface area contributed by atoms with Gasteiger partial charge in [0.15, 0.2) is 16.6 Å². The SMILES string of the molecule is NCCSc1nc2ncnc(N)c2[nH]1. The van der Waals surface area contributed by atoms with E-state index < -0.39 is 0 Å². The van der Waals surface area contributed by atoms with Gasteiger partial charge in [0.25, 0.3) is 0 Å². The first-order chi connectivity index (χ1) is 6.81. The zero-order chi connectivity index (χ0) is 9.97. The highest BCUT2D eigenvalue weighted by atomic mass is 32.2. The number of nitrogens with two attached hydrogens (primary N) is 2. The van der Waals surface area contributed by atoms with Crippen molar-refractivity contribution in [1.29, 1.82) is 0 Å². The summed E-state index contributed by atoms with van der Waals surface area (Å²) in [4.78, 5) is 15.1. The number of H-pyrrole nitrogens is 1. The molecule has 0 amide bonds. The van der Waals surface area contributed by atoms with Crippen LogP contribution in [0.4, 0.5) is 5.82 Å². The second-order valence-corrected chi connectivity index (χ2v) is 3.72. The molecule has 0 aliphatic rings. The number of anilines is 1. The fourth-order valence-electron chi connectivity index (χ4n) is 1.05. The van der Waals surface area contributed by atoms with E-state index in [-0.39, 0.29) is 0 Å². The molecule has 0 fully saturated rings. The van der Waals surface area contributed by atoms with Crippen molar-refractivity contribution in [1.82, 2.24) is 19.9 Å². The third-order valence-electron chi connectivity index (χ3n) is 1.65. The molecule has 0 radical (unpaired) electrons. The topological polar surface area (TPSA) is 106 Å². The van der Waals surface area contributed by atoms with Crippen LogP contribution in [0.5, 0.6) is 0 Å². The van der Waals surface area contributed by atoms with Gasteiger partial charge >= 0.3 is 0 Å². The van der Waals surface area contributed by atoms with Gasteiger partial charge in [-0.15, -0.1) is 0 Å². The van der Waals surface area contributed by atoms with Crippen LogP contribution in [0.1, 0.15) is 0 Å². The van der Waals surface area contributed by atoms with Gasteiger partial charge < -0.3 is 16.5 Å². The Balaban J connectivity index is 2.36. The number of fused-ring (bicyclic) bond motifs is 1. The maximum Gasteiger partial charge on any atom is 0.183 e. The number of hydrogen-bond acceptors (Lipinski definition) is 6. The fraction of sp³-hybridized carbons (Fsp3) is 0.286. The highest BCUT2D eigenvalue weighted by Crippen LogP contribution is 2.19. The molecule has 0 aromatic carbocycles. The third-order valence-corrected chi connectivity index (χ3v) is 2.56. The highest BCUT2D eigenvalue weighted by molar-refractivity contribution is 7.99. The van der Waals surface area contributed by atoms with Crippen molar-refractivity contribution in [3.63, 3.8) is 0 Å². The molecule has 0 spiro atoms. The number of aromatic amines is 1. The average Bonchev–Trinajstić information content (AvgIpc) is 2.59. The fourth-order valence-corrected chi connectivity index (χ4v) is 1.69. The van der Waals surface area contributed by atoms with Crippen molar-refractivity contribution in [2.75, 3.05) is 18.0 Å². The normalized spacial score (nSPS) is 10.9. The molecule has 0 unspecified atom stereocenters. The smallest absolute Gasteiger partial charge is 0.183 e. The van der Waals surface area contributed by atoms with Crippen molar-refractivity contribution in [3.05, 3.63) is 6.33 Å². The van der Waals surface area contributed by atoms with Gasteiger partial charge in [-0.05, 0) is 0 Å². The second-order valence-electron chi connectivity index (χ2n) is 2.64. The van der Waals surface area contributed by atoms with Crippen molar-refractivity contribution in [2.45, 2.75) is 5.16 Å². The van der Waals surface area contributed by atoms with Crippen LogP contribution < -0.4 is 11.5 Å². The summed E-state index contributed by atoms with van der Waals surface area (Å²) in [5, 5.41) is 0.776. The molecular formula is C7H10N6S. The summed E-state index contributed by atoms with van der Waals surface area (Å²) >= 11 is 1.54. The summed E-state index contributed by atoms with van der Waals surface area (Å²) in [5.41, 5.74) is 12.3. The lowest BCUT2D eigenvalue weighted by atomic mass is 10.5. The van der Waals surface area contributed by atoms with Crippen LogP contribution >= 0.6 is 11.8 Å². The van der Waals surface area contributed by atoms with Crippen molar-refractivity contribution in [3.8, 4) is 0 Å². The molecule has 6 nitrogen and oxygen atoms in total. The van der Waals surface area contributed by atoms with Crippen LogP contribution in [0, 0.1) is 0 Å². The molecule has 0 aliphatic heterocycles. The van der Waals surface area contributed by atoms with Gasteiger partial charge in [-0.25, -0.2) is 15.0 Å². The third kappa shape index (κ3) is 1.64. The van der Waals surface area contributed by atoms with E-state index in [0.29, 0.717) is 23.5 Å². The zero-order valence-electron chi connectivity index (χ0n) is 7.40. The zero-order valence-corrected chi connectivity index (χ0v) is 8.21. The number of aromatic nitrogens is 4. The van der Waals surface area contributed by atoms with Crippen LogP contribution in [0.15, 0.2) is 11.5 Å².